The molecule has 1 aromatic heterocycles. The molecular formula is C16H24N2. The van der Waals surface area contributed by atoms with Gasteiger partial charge in [-0.3, -0.25) is 0 Å². The van der Waals surface area contributed by atoms with E-state index in [0.29, 0.717) is 0 Å². The molecule has 0 aliphatic carbocycles. The fraction of sp³-hybridized carbons (Fsp3) is 0.500. The van der Waals surface area contributed by atoms with Crippen molar-refractivity contribution in [3.63, 3.8) is 0 Å². The van der Waals surface area contributed by atoms with E-state index in [1.807, 2.05) is 0 Å². The molecule has 0 spiro atoms. The maximum absolute atomic E-state index is 3.54. The zero-order chi connectivity index (χ0) is 13.3. The Labute approximate surface area is 110 Å². The van der Waals surface area contributed by atoms with E-state index < -0.39 is 0 Å². The van der Waals surface area contributed by atoms with E-state index in [4.69, 9.17) is 0 Å². The molecule has 0 radical (unpaired) electrons. The van der Waals surface area contributed by atoms with Crippen molar-refractivity contribution in [2.45, 2.75) is 46.6 Å². The third-order valence-corrected chi connectivity index (χ3v) is 3.27. The van der Waals surface area contributed by atoms with Gasteiger partial charge < -0.3 is 10.3 Å². The molecule has 1 heterocycles. The zero-order valence-corrected chi connectivity index (χ0v) is 12.1. The van der Waals surface area contributed by atoms with E-state index in [-0.39, 0.29) is 5.54 Å². The van der Waals surface area contributed by atoms with Gasteiger partial charge in [0.25, 0.3) is 0 Å². The van der Waals surface area contributed by atoms with Crippen molar-refractivity contribution in [3.05, 3.63) is 35.0 Å². The molecule has 0 saturated carbocycles. The molecular weight excluding hydrogens is 220 g/mol. The smallest absolute Gasteiger partial charge is 0.0486 e. The van der Waals surface area contributed by atoms with Gasteiger partial charge in [-0.05, 0) is 64.8 Å². The van der Waals surface area contributed by atoms with Crippen LogP contribution < -0.4 is 5.32 Å². The van der Waals surface area contributed by atoms with Crippen LogP contribution >= 0.6 is 0 Å². The lowest BCUT2D eigenvalue weighted by molar-refractivity contribution is 0.430. The van der Waals surface area contributed by atoms with Crippen LogP contribution in [0.2, 0.25) is 0 Å². The van der Waals surface area contributed by atoms with Gasteiger partial charge in [-0.1, -0.05) is 11.6 Å². The first kappa shape index (κ1) is 13.2. The Hall–Kier alpha value is -1.28. The van der Waals surface area contributed by atoms with E-state index in [1.54, 1.807) is 0 Å². The second-order valence-corrected chi connectivity index (χ2v) is 6.25. The Morgan fingerprint density at radius 1 is 1.17 bits per heavy atom. The molecule has 98 valence electrons. The van der Waals surface area contributed by atoms with Crippen molar-refractivity contribution >= 4 is 10.9 Å². The fourth-order valence-corrected chi connectivity index (χ4v) is 2.43. The molecule has 2 rings (SSSR count). The minimum atomic E-state index is 0.192. The third kappa shape index (κ3) is 2.94. The lowest BCUT2D eigenvalue weighted by Crippen LogP contribution is -2.37. The fourth-order valence-electron chi connectivity index (χ4n) is 2.43. The molecule has 2 heteroatoms. The standard InChI is InChI=1S/C16H24N2/c1-11-8-12(2)15-14(9-11)13(10-17-15)6-7-18-16(3,4)5/h8-10,17-18H,6-7H2,1-5H3. The average molecular weight is 244 g/mol. The number of aryl methyl sites for hydroxylation is 2. The van der Waals surface area contributed by atoms with E-state index in [2.05, 4.69) is 63.2 Å². The summed E-state index contributed by atoms with van der Waals surface area (Å²) in [5, 5.41) is 4.92. The van der Waals surface area contributed by atoms with Crippen molar-refractivity contribution in [2.75, 3.05) is 6.54 Å². The van der Waals surface area contributed by atoms with Gasteiger partial charge >= 0.3 is 0 Å². The summed E-state index contributed by atoms with van der Waals surface area (Å²) in [4.78, 5) is 3.40. The number of nitrogens with one attached hydrogen (secondary N) is 2. The van der Waals surface area contributed by atoms with E-state index in [0.717, 1.165) is 13.0 Å². The Kier molecular flexibility index (Phi) is 3.49. The number of aromatic amines is 1. The number of aromatic nitrogens is 1. The first-order chi connectivity index (χ1) is 8.37. The second-order valence-electron chi connectivity index (χ2n) is 6.25. The normalized spacial score (nSPS) is 12.3. The Morgan fingerprint density at radius 2 is 1.89 bits per heavy atom. The van der Waals surface area contributed by atoms with Crippen LogP contribution in [0.1, 0.15) is 37.5 Å². The van der Waals surface area contributed by atoms with E-state index >= 15 is 0 Å². The van der Waals surface area contributed by atoms with Gasteiger partial charge in [-0.2, -0.15) is 0 Å². The van der Waals surface area contributed by atoms with Crippen molar-refractivity contribution < 1.29 is 0 Å². The molecule has 2 nitrogen and oxygen atoms in total. The highest BCUT2D eigenvalue weighted by Gasteiger charge is 2.10. The van der Waals surface area contributed by atoms with Gasteiger partial charge in [-0.25, -0.2) is 0 Å². The predicted octanol–water partition coefficient (Wildman–Crippen LogP) is 3.72. The largest absolute Gasteiger partial charge is 0.361 e. The summed E-state index contributed by atoms with van der Waals surface area (Å²) in [6.45, 7) is 12.0. The second kappa shape index (κ2) is 4.77. The lowest BCUT2D eigenvalue weighted by Gasteiger charge is -2.20. The van der Waals surface area contributed by atoms with Crippen LogP contribution in [0.5, 0.6) is 0 Å². The number of hydrogen-bond acceptors (Lipinski definition) is 1. The third-order valence-electron chi connectivity index (χ3n) is 3.27. The van der Waals surface area contributed by atoms with Gasteiger partial charge in [0, 0.05) is 22.6 Å². The highest BCUT2D eigenvalue weighted by molar-refractivity contribution is 5.86. The molecule has 1 aromatic carbocycles. The van der Waals surface area contributed by atoms with Gasteiger partial charge in [0.15, 0.2) is 0 Å². The average Bonchev–Trinajstić information content (AvgIpc) is 2.60. The summed E-state index contributed by atoms with van der Waals surface area (Å²) < 4.78 is 0. The van der Waals surface area contributed by atoms with Gasteiger partial charge in [-0.15, -0.1) is 0 Å². The number of fused-ring (bicyclic) bond motifs is 1. The SMILES string of the molecule is Cc1cc(C)c2[nH]cc(CCNC(C)(C)C)c2c1. The maximum Gasteiger partial charge on any atom is 0.0486 e. The number of hydrogen-bond donors (Lipinski definition) is 2. The molecule has 0 saturated heterocycles. The molecule has 0 aliphatic heterocycles. The highest BCUT2D eigenvalue weighted by Crippen LogP contribution is 2.23. The van der Waals surface area contributed by atoms with Crippen LogP contribution in [0.3, 0.4) is 0 Å². The summed E-state index contributed by atoms with van der Waals surface area (Å²) in [6, 6.07) is 4.52. The predicted molar refractivity (Wildman–Crippen MR) is 79.2 cm³/mol. The summed E-state index contributed by atoms with van der Waals surface area (Å²) in [5.41, 5.74) is 5.56. The Balaban J connectivity index is 2.19. The molecule has 0 unspecified atom stereocenters. The number of rotatable bonds is 3. The van der Waals surface area contributed by atoms with Gasteiger partial charge in [0.2, 0.25) is 0 Å². The van der Waals surface area contributed by atoms with Crippen molar-refractivity contribution in [1.29, 1.82) is 0 Å². The lowest BCUT2D eigenvalue weighted by atomic mass is 10.0. The Morgan fingerprint density at radius 3 is 2.56 bits per heavy atom. The first-order valence-corrected chi connectivity index (χ1v) is 6.69. The maximum atomic E-state index is 3.54. The van der Waals surface area contributed by atoms with Crippen molar-refractivity contribution in [1.82, 2.24) is 10.3 Å². The van der Waals surface area contributed by atoms with Crippen LogP contribution in [-0.2, 0) is 6.42 Å². The van der Waals surface area contributed by atoms with E-state index in [9.17, 15) is 0 Å². The quantitative estimate of drug-likeness (QED) is 0.846. The summed E-state index contributed by atoms with van der Waals surface area (Å²) in [5.74, 6) is 0. The number of benzene rings is 1. The van der Waals surface area contributed by atoms with E-state index in [1.165, 1.54) is 27.6 Å². The molecule has 0 fully saturated rings. The minimum Gasteiger partial charge on any atom is -0.361 e. The molecule has 0 amide bonds. The molecule has 2 aromatic rings. The molecule has 2 N–H and O–H groups in total. The van der Waals surface area contributed by atoms with Crippen molar-refractivity contribution in [3.8, 4) is 0 Å². The topological polar surface area (TPSA) is 27.8 Å². The van der Waals surface area contributed by atoms with Crippen LogP contribution in [0.25, 0.3) is 10.9 Å². The highest BCUT2D eigenvalue weighted by atomic mass is 14.9. The van der Waals surface area contributed by atoms with Crippen LogP contribution in [0.15, 0.2) is 18.3 Å². The Bertz CT molecular complexity index is 544. The monoisotopic (exact) mass is 244 g/mol. The molecule has 0 bridgehead atoms. The molecule has 0 aliphatic rings. The summed E-state index contributed by atoms with van der Waals surface area (Å²) in [7, 11) is 0. The minimum absolute atomic E-state index is 0.192. The van der Waals surface area contributed by atoms with Crippen LogP contribution in [0, 0.1) is 13.8 Å². The summed E-state index contributed by atoms with van der Waals surface area (Å²) >= 11 is 0. The molecule has 0 atom stereocenters. The van der Waals surface area contributed by atoms with Gasteiger partial charge in [0.05, 0.1) is 0 Å². The van der Waals surface area contributed by atoms with Crippen molar-refractivity contribution in [2.24, 2.45) is 0 Å². The van der Waals surface area contributed by atoms with Crippen LogP contribution in [0.4, 0.5) is 0 Å². The van der Waals surface area contributed by atoms with Gasteiger partial charge in [0.1, 0.15) is 0 Å². The zero-order valence-electron chi connectivity index (χ0n) is 12.1. The van der Waals surface area contributed by atoms with Crippen LogP contribution in [-0.4, -0.2) is 17.1 Å². The first-order valence-electron chi connectivity index (χ1n) is 6.69. The number of H-pyrrole nitrogens is 1. The molecule has 18 heavy (non-hydrogen) atoms. The summed E-state index contributed by atoms with van der Waals surface area (Å²) in [6.07, 6.45) is 3.22.